The number of nitrogens with one attached hydrogen (secondary N) is 1. The summed E-state index contributed by atoms with van der Waals surface area (Å²) in [5.74, 6) is 0.00179. The van der Waals surface area contributed by atoms with Crippen molar-refractivity contribution in [3.8, 4) is 0 Å². The summed E-state index contributed by atoms with van der Waals surface area (Å²) in [4.78, 5) is 32.1. The van der Waals surface area contributed by atoms with Gasteiger partial charge in [0, 0.05) is 37.9 Å². The lowest BCUT2D eigenvalue weighted by Crippen LogP contribution is -2.53. The summed E-state index contributed by atoms with van der Waals surface area (Å²) in [6, 6.07) is 25.3. The molecule has 1 fully saturated rings. The first-order chi connectivity index (χ1) is 16.2. The maximum absolute atomic E-state index is 13.4. The molecule has 0 aliphatic carbocycles. The monoisotopic (exact) mass is 443 g/mol. The van der Waals surface area contributed by atoms with Crippen molar-refractivity contribution in [3.05, 3.63) is 102 Å². The highest BCUT2D eigenvalue weighted by molar-refractivity contribution is 5.88. The summed E-state index contributed by atoms with van der Waals surface area (Å²) in [7, 11) is 0. The van der Waals surface area contributed by atoms with Gasteiger partial charge in [0.1, 0.15) is 6.61 Å². The van der Waals surface area contributed by atoms with Crippen LogP contribution >= 0.6 is 0 Å². The maximum Gasteiger partial charge on any atom is 0.410 e. The summed E-state index contributed by atoms with van der Waals surface area (Å²) >= 11 is 0. The van der Waals surface area contributed by atoms with Crippen molar-refractivity contribution in [2.75, 3.05) is 19.6 Å². The maximum atomic E-state index is 13.4. The molecule has 1 N–H and O–H groups in total. The summed E-state index contributed by atoms with van der Waals surface area (Å²) < 4.78 is 5.50. The van der Waals surface area contributed by atoms with Gasteiger partial charge in [0.2, 0.25) is 5.91 Å². The Bertz CT molecular complexity index is 1030. The molecule has 1 saturated heterocycles. The second-order valence-electron chi connectivity index (χ2n) is 8.30. The van der Waals surface area contributed by atoms with E-state index in [4.69, 9.17) is 4.74 Å². The minimum Gasteiger partial charge on any atom is -0.445 e. The Hall–Kier alpha value is -3.67. The first-order valence-corrected chi connectivity index (χ1v) is 11.4. The molecule has 2 aromatic carbocycles. The molecule has 0 radical (unpaired) electrons. The molecule has 1 aromatic heterocycles. The molecular weight excluding hydrogens is 414 g/mol. The zero-order valence-electron chi connectivity index (χ0n) is 18.7. The lowest BCUT2D eigenvalue weighted by Gasteiger charge is -2.40. The number of benzene rings is 2. The van der Waals surface area contributed by atoms with Gasteiger partial charge in [0.15, 0.2) is 0 Å². The van der Waals surface area contributed by atoms with E-state index in [9.17, 15) is 9.59 Å². The average molecular weight is 444 g/mol. The van der Waals surface area contributed by atoms with E-state index in [1.54, 1.807) is 11.1 Å². The number of piperidine rings is 1. The molecule has 1 aliphatic rings. The molecular formula is C27H29N3O3. The van der Waals surface area contributed by atoms with Crippen molar-refractivity contribution in [3.63, 3.8) is 0 Å². The Labute approximate surface area is 194 Å². The van der Waals surface area contributed by atoms with Crippen LogP contribution in [0.5, 0.6) is 0 Å². The zero-order valence-corrected chi connectivity index (χ0v) is 18.7. The van der Waals surface area contributed by atoms with Crippen LogP contribution in [0, 0.1) is 0 Å². The van der Waals surface area contributed by atoms with E-state index in [0.29, 0.717) is 38.9 Å². The Morgan fingerprint density at radius 1 is 0.909 bits per heavy atom. The fourth-order valence-electron chi connectivity index (χ4n) is 4.30. The number of carbonyl (C=O) groups is 2. The van der Waals surface area contributed by atoms with E-state index in [1.165, 1.54) is 0 Å². The SMILES string of the molecule is O=C(OCc1ccccc1)N1CCC(C(=O)NCCc2ccccn2)(c2ccccc2)CC1. The van der Waals surface area contributed by atoms with Crippen LogP contribution in [0.1, 0.15) is 29.7 Å². The van der Waals surface area contributed by atoms with E-state index < -0.39 is 5.41 Å². The Morgan fingerprint density at radius 3 is 2.24 bits per heavy atom. The van der Waals surface area contributed by atoms with Crippen LogP contribution in [0.2, 0.25) is 0 Å². The van der Waals surface area contributed by atoms with Crippen LogP contribution < -0.4 is 5.32 Å². The lowest BCUT2D eigenvalue weighted by molar-refractivity contribution is -0.128. The first kappa shape index (κ1) is 22.5. The van der Waals surface area contributed by atoms with E-state index in [-0.39, 0.29) is 18.6 Å². The fourth-order valence-corrected chi connectivity index (χ4v) is 4.30. The largest absolute Gasteiger partial charge is 0.445 e. The van der Waals surface area contributed by atoms with E-state index in [1.807, 2.05) is 78.9 Å². The van der Waals surface area contributed by atoms with Crippen molar-refractivity contribution in [2.24, 2.45) is 0 Å². The molecule has 2 heterocycles. The highest BCUT2D eigenvalue weighted by Crippen LogP contribution is 2.36. The van der Waals surface area contributed by atoms with Gasteiger partial charge in [-0.15, -0.1) is 0 Å². The van der Waals surface area contributed by atoms with Gasteiger partial charge in [0.25, 0.3) is 0 Å². The molecule has 1 aliphatic heterocycles. The number of hydrogen-bond acceptors (Lipinski definition) is 4. The molecule has 0 saturated carbocycles. The molecule has 4 rings (SSSR count). The summed E-state index contributed by atoms with van der Waals surface area (Å²) in [6.07, 6.45) is 3.20. The lowest BCUT2D eigenvalue weighted by atomic mass is 9.72. The molecule has 3 aromatic rings. The highest BCUT2D eigenvalue weighted by atomic mass is 16.6. The molecule has 0 atom stereocenters. The number of ether oxygens (including phenoxy) is 1. The average Bonchev–Trinajstić information content (AvgIpc) is 2.89. The highest BCUT2D eigenvalue weighted by Gasteiger charge is 2.43. The molecule has 6 nitrogen and oxygen atoms in total. The van der Waals surface area contributed by atoms with Gasteiger partial charge >= 0.3 is 6.09 Å². The number of nitrogens with zero attached hydrogens (tertiary/aromatic N) is 2. The van der Waals surface area contributed by atoms with Crippen molar-refractivity contribution in [1.29, 1.82) is 0 Å². The van der Waals surface area contributed by atoms with Crippen LogP contribution in [-0.2, 0) is 28.0 Å². The minimum atomic E-state index is -0.665. The summed E-state index contributed by atoms with van der Waals surface area (Å²) in [5, 5.41) is 3.12. The first-order valence-electron chi connectivity index (χ1n) is 11.4. The van der Waals surface area contributed by atoms with Gasteiger partial charge in [-0.3, -0.25) is 9.78 Å². The normalized spacial score (nSPS) is 15.0. The van der Waals surface area contributed by atoms with Gasteiger partial charge in [0.05, 0.1) is 5.41 Å². The molecule has 0 unspecified atom stereocenters. The van der Waals surface area contributed by atoms with Crippen molar-refractivity contribution >= 4 is 12.0 Å². The third-order valence-electron chi connectivity index (χ3n) is 6.23. The van der Waals surface area contributed by atoms with Crippen LogP contribution in [0.3, 0.4) is 0 Å². The Morgan fingerprint density at radius 2 is 1.58 bits per heavy atom. The number of pyridine rings is 1. The van der Waals surface area contributed by atoms with E-state index in [0.717, 1.165) is 16.8 Å². The third kappa shape index (κ3) is 5.58. The number of likely N-dealkylation sites (tertiary alicyclic amines) is 1. The number of amides is 2. The van der Waals surface area contributed by atoms with Crippen LogP contribution in [0.15, 0.2) is 85.1 Å². The van der Waals surface area contributed by atoms with Crippen LogP contribution in [-0.4, -0.2) is 41.5 Å². The number of rotatable bonds is 7. The zero-order chi connectivity index (χ0) is 22.9. The van der Waals surface area contributed by atoms with Crippen molar-refractivity contribution in [1.82, 2.24) is 15.2 Å². The van der Waals surface area contributed by atoms with Crippen molar-refractivity contribution in [2.45, 2.75) is 31.3 Å². The smallest absolute Gasteiger partial charge is 0.410 e. The standard InChI is InChI=1S/C27H29N3O3/c31-25(29-18-14-24-13-7-8-17-28-24)27(23-11-5-2-6-12-23)15-19-30(20-16-27)26(32)33-21-22-9-3-1-4-10-22/h1-13,17H,14-16,18-21H2,(H,29,31). The van der Waals surface area contributed by atoms with Gasteiger partial charge in [-0.2, -0.15) is 0 Å². The Balaban J connectivity index is 1.38. The topological polar surface area (TPSA) is 71.5 Å². The second kappa shape index (κ2) is 10.8. The predicted molar refractivity (Wildman–Crippen MR) is 127 cm³/mol. The second-order valence-corrected chi connectivity index (χ2v) is 8.30. The van der Waals surface area contributed by atoms with Crippen molar-refractivity contribution < 1.29 is 14.3 Å². The quantitative estimate of drug-likeness (QED) is 0.597. The number of carbonyl (C=O) groups excluding carboxylic acids is 2. The molecule has 0 bridgehead atoms. The predicted octanol–water partition coefficient (Wildman–Crippen LogP) is 4.11. The number of aromatic nitrogens is 1. The fraction of sp³-hybridized carbons (Fsp3) is 0.296. The molecule has 6 heteroatoms. The van der Waals surface area contributed by atoms with Crippen LogP contribution in [0.4, 0.5) is 4.79 Å². The van der Waals surface area contributed by atoms with Gasteiger partial charge in [-0.05, 0) is 36.1 Å². The van der Waals surface area contributed by atoms with Gasteiger partial charge in [-0.25, -0.2) is 4.79 Å². The van der Waals surface area contributed by atoms with Crippen LogP contribution in [0.25, 0.3) is 0 Å². The summed E-state index contributed by atoms with van der Waals surface area (Å²) in [6.45, 7) is 1.70. The molecule has 0 spiro atoms. The van der Waals surface area contributed by atoms with Gasteiger partial charge in [-0.1, -0.05) is 66.7 Å². The molecule has 170 valence electrons. The Kier molecular flexibility index (Phi) is 7.35. The van der Waals surface area contributed by atoms with E-state index >= 15 is 0 Å². The third-order valence-corrected chi connectivity index (χ3v) is 6.23. The summed E-state index contributed by atoms with van der Waals surface area (Å²) in [5.41, 5.74) is 2.22. The minimum absolute atomic E-state index is 0.00179. The molecule has 33 heavy (non-hydrogen) atoms. The van der Waals surface area contributed by atoms with E-state index in [2.05, 4.69) is 10.3 Å². The van der Waals surface area contributed by atoms with Gasteiger partial charge < -0.3 is 15.0 Å². The number of hydrogen-bond donors (Lipinski definition) is 1. The molecule has 2 amide bonds.